The molecular formula is C27H28N6O2. The number of carbonyl (C=O) groups excluding carboxylic acids is 1. The van der Waals surface area contributed by atoms with Crippen LogP contribution in [-0.2, 0) is 4.79 Å². The lowest BCUT2D eigenvalue weighted by molar-refractivity contribution is -0.111. The zero-order valence-electron chi connectivity index (χ0n) is 20.1. The van der Waals surface area contributed by atoms with Crippen LogP contribution in [0.1, 0.15) is 18.9 Å². The van der Waals surface area contributed by atoms with E-state index in [1.165, 1.54) is 0 Å². The molecule has 1 aliphatic rings. The minimum Gasteiger partial charge on any atom is -0.489 e. The summed E-state index contributed by atoms with van der Waals surface area (Å²) in [5.74, 6) is 1.33. The van der Waals surface area contributed by atoms with Crippen LogP contribution in [0.2, 0.25) is 0 Å². The molecule has 0 spiro atoms. The van der Waals surface area contributed by atoms with Crippen molar-refractivity contribution in [3.05, 3.63) is 72.7 Å². The van der Waals surface area contributed by atoms with E-state index in [1.807, 2.05) is 73.1 Å². The Bertz CT molecular complexity index is 1420. The molecule has 4 aromatic rings. The lowest BCUT2D eigenvalue weighted by Gasteiger charge is -2.28. The van der Waals surface area contributed by atoms with Gasteiger partial charge in [-0.25, -0.2) is 9.97 Å². The zero-order valence-corrected chi connectivity index (χ0v) is 20.1. The Hall–Kier alpha value is -4.33. The third-order valence-corrected chi connectivity index (χ3v) is 5.99. The second-order valence-corrected chi connectivity index (χ2v) is 8.54. The summed E-state index contributed by atoms with van der Waals surface area (Å²) < 4.78 is 7.80. The molecule has 35 heavy (non-hydrogen) atoms. The van der Waals surface area contributed by atoms with E-state index in [9.17, 15) is 4.79 Å². The molecule has 1 aliphatic heterocycles. The fourth-order valence-electron chi connectivity index (χ4n) is 4.04. The van der Waals surface area contributed by atoms with Crippen molar-refractivity contribution in [3.8, 4) is 17.0 Å². The predicted octanol–water partition coefficient (Wildman–Crippen LogP) is 5.18. The molecule has 8 heteroatoms. The Kier molecular flexibility index (Phi) is 6.10. The van der Waals surface area contributed by atoms with E-state index in [0.717, 1.165) is 58.2 Å². The van der Waals surface area contributed by atoms with Gasteiger partial charge in [0.2, 0.25) is 5.91 Å². The minimum absolute atomic E-state index is 0.146. The van der Waals surface area contributed by atoms with Gasteiger partial charge in [0.25, 0.3) is 0 Å². The molecule has 2 N–H and O–H groups in total. The van der Waals surface area contributed by atoms with Crippen LogP contribution in [0, 0.1) is 6.92 Å². The van der Waals surface area contributed by atoms with Gasteiger partial charge in [-0.2, -0.15) is 0 Å². The number of hydrogen-bond donors (Lipinski definition) is 2. The quantitative estimate of drug-likeness (QED) is 0.379. The first kappa shape index (κ1) is 22.5. The number of ether oxygens (including phenoxy) is 1. The van der Waals surface area contributed by atoms with Crippen molar-refractivity contribution >= 4 is 34.4 Å². The number of benzene rings is 2. The number of nitrogens with one attached hydrogen (secondary N) is 2. The monoisotopic (exact) mass is 468 g/mol. The van der Waals surface area contributed by atoms with Gasteiger partial charge in [-0.05, 0) is 43.2 Å². The van der Waals surface area contributed by atoms with Gasteiger partial charge in [-0.15, -0.1) is 0 Å². The molecule has 3 heterocycles. The first-order valence-electron chi connectivity index (χ1n) is 11.7. The van der Waals surface area contributed by atoms with E-state index >= 15 is 0 Å². The van der Waals surface area contributed by atoms with Crippen molar-refractivity contribution < 1.29 is 9.53 Å². The number of nitrogens with zero attached hydrogens (tertiary/aromatic N) is 4. The SMILES string of the molecule is CC/C=C/C(=O)Nc1cc(-c2cn3ccnc3c(Nc3ccc4c(c3)OCCN4C)n2)ccc1C. The van der Waals surface area contributed by atoms with Crippen molar-refractivity contribution in [1.29, 1.82) is 0 Å². The highest BCUT2D eigenvalue weighted by molar-refractivity contribution is 6.00. The molecule has 1 amide bonds. The molecule has 8 nitrogen and oxygen atoms in total. The van der Waals surface area contributed by atoms with E-state index < -0.39 is 0 Å². The number of aryl methyl sites for hydroxylation is 1. The number of likely N-dealkylation sites (N-methyl/N-ethyl adjacent to an activating group) is 1. The average molecular weight is 469 g/mol. The highest BCUT2D eigenvalue weighted by Gasteiger charge is 2.16. The van der Waals surface area contributed by atoms with Gasteiger partial charge in [0, 0.05) is 48.6 Å². The highest BCUT2D eigenvalue weighted by atomic mass is 16.5. The summed E-state index contributed by atoms with van der Waals surface area (Å²) in [5.41, 5.74) is 6.03. The molecule has 0 unspecified atom stereocenters. The molecule has 0 radical (unpaired) electrons. The fourth-order valence-corrected chi connectivity index (χ4v) is 4.04. The molecule has 178 valence electrons. The summed E-state index contributed by atoms with van der Waals surface area (Å²) in [6, 6.07) is 12.0. The number of fused-ring (bicyclic) bond motifs is 2. The maximum absolute atomic E-state index is 12.2. The number of rotatable bonds is 6. The molecule has 0 bridgehead atoms. The van der Waals surface area contributed by atoms with Crippen molar-refractivity contribution in [3.63, 3.8) is 0 Å². The van der Waals surface area contributed by atoms with Gasteiger partial charge in [0.1, 0.15) is 12.4 Å². The third kappa shape index (κ3) is 4.68. The van der Waals surface area contributed by atoms with Crippen LogP contribution < -0.4 is 20.3 Å². The summed E-state index contributed by atoms with van der Waals surface area (Å²) in [6.07, 6.45) is 9.78. The first-order chi connectivity index (χ1) is 17.0. The summed E-state index contributed by atoms with van der Waals surface area (Å²) in [4.78, 5) is 23.8. The van der Waals surface area contributed by atoms with Crippen LogP contribution in [0.25, 0.3) is 16.9 Å². The Labute approximate surface area is 204 Å². The Balaban J connectivity index is 1.49. The second-order valence-electron chi connectivity index (χ2n) is 8.54. The molecule has 2 aromatic carbocycles. The number of amides is 1. The number of allylic oxidation sites excluding steroid dienone is 1. The van der Waals surface area contributed by atoms with Crippen LogP contribution in [0.15, 0.2) is 67.1 Å². The van der Waals surface area contributed by atoms with E-state index in [-0.39, 0.29) is 5.91 Å². The smallest absolute Gasteiger partial charge is 0.248 e. The number of carbonyl (C=O) groups is 1. The maximum atomic E-state index is 12.2. The molecule has 0 fully saturated rings. The zero-order chi connectivity index (χ0) is 24.4. The number of anilines is 4. The van der Waals surface area contributed by atoms with Gasteiger partial charge in [0.05, 0.1) is 17.9 Å². The molecule has 5 rings (SSSR count). The molecule has 0 saturated heterocycles. The van der Waals surface area contributed by atoms with Gasteiger partial charge in [0.15, 0.2) is 11.5 Å². The molecule has 0 saturated carbocycles. The Morgan fingerprint density at radius 2 is 2.11 bits per heavy atom. The number of imidazole rings is 1. The maximum Gasteiger partial charge on any atom is 0.248 e. The normalized spacial score (nSPS) is 13.1. The average Bonchev–Trinajstić information content (AvgIpc) is 3.33. The highest BCUT2D eigenvalue weighted by Crippen LogP contribution is 2.35. The van der Waals surface area contributed by atoms with E-state index in [0.29, 0.717) is 12.4 Å². The predicted molar refractivity (Wildman–Crippen MR) is 140 cm³/mol. The van der Waals surface area contributed by atoms with Crippen molar-refractivity contribution in [2.24, 2.45) is 0 Å². The van der Waals surface area contributed by atoms with Gasteiger partial charge < -0.3 is 24.7 Å². The summed E-state index contributed by atoms with van der Waals surface area (Å²) >= 11 is 0. The number of hydrogen-bond acceptors (Lipinski definition) is 6. The van der Waals surface area contributed by atoms with Crippen LogP contribution in [0.4, 0.5) is 22.9 Å². The minimum atomic E-state index is -0.146. The standard InChI is InChI=1S/C27H28N6O2/c1-4-5-6-25(34)30-21-15-19(8-7-18(21)2)22-17-33-12-11-28-27(33)26(31-22)29-20-9-10-23-24(16-20)35-14-13-32(23)3/h5-12,15-17H,4,13-14H2,1-3H3,(H,29,31)(H,30,34)/b6-5+. The molecule has 0 aliphatic carbocycles. The van der Waals surface area contributed by atoms with Gasteiger partial charge >= 0.3 is 0 Å². The van der Waals surface area contributed by atoms with E-state index in [4.69, 9.17) is 9.72 Å². The van der Waals surface area contributed by atoms with Gasteiger partial charge in [-0.3, -0.25) is 4.79 Å². The van der Waals surface area contributed by atoms with Crippen LogP contribution >= 0.6 is 0 Å². The number of aromatic nitrogens is 3. The second kappa shape index (κ2) is 9.50. The van der Waals surface area contributed by atoms with Gasteiger partial charge in [-0.1, -0.05) is 25.1 Å². The Morgan fingerprint density at radius 3 is 2.97 bits per heavy atom. The topological polar surface area (TPSA) is 83.8 Å². The summed E-state index contributed by atoms with van der Waals surface area (Å²) in [7, 11) is 2.06. The van der Waals surface area contributed by atoms with E-state index in [1.54, 1.807) is 12.3 Å². The lowest BCUT2D eigenvalue weighted by atomic mass is 10.1. The lowest BCUT2D eigenvalue weighted by Crippen LogP contribution is -2.28. The Morgan fingerprint density at radius 1 is 1.23 bits per heavy atom. The first-order valence-corrected chi connectivity index (χ1v) is 11.7. The fraction of sp³-hybridized carbons (Fsp3) is 0.222. The third-order valence-electron chi connectivity index (χ3n) is 5.99. The molecule has 0 atom stereocenters. The summed E-state index contributed by atoms with van der Waals surface area (Å²) in [6.45, 7) is 5.49. The van der Waals surface area contributed by atoms with E-state index in [2.05, 4.69) is 27.6 Å². The van der Waals surface area contributed by atoms with Crippen molar-refractivity contribution in [2.45, 2.75) is 20.3 Å². The van der Waals surface area contributed by atoms with Crippen LogP contribution in [0.3, 0.4) is 0 Å². The molecular weight excluding hydrogens is 440 g/mol. The molecule has 2 aromatic heterocycles. The van der Waals surface area contributed by atoms with Crippen molar-refractivity contribution in [2.75, 3.05) is 35.7 Å². The van der Waals surface area contributed by atoms with Crippen molar-refractivity contribution in [1.82, 2.24) is 14.4 Å². The van der Waals surface area contributed by atoms with Crippen LogP contribution in [-0.4, -0.2) is 40.5 Å². The van der Waals surface area contributed by atoms with Crippen LogP contribution in [0.5, 0.6) is 5.75 Å². The largest absolute Gasteiger partial charge is 0.489 e. The summed E-state index contributed by atoms with van der Waals surface area (Å²) in [5, 5.41) is 6.39.